The summed E-state index contributed by atoms with van der Waals surface area (Å²) in [5, 5.41) is 24.9. The molecule has 0 aromatic carbocycles. The van der Waals surface area contributed by atoms with E-state index in [1.54, 1.807) is 0 Å². The van der Waals surface area contributed by atoms with Crippen LogP contribution < -0.4 is 5.32 Å². The number of fused-ring (bicyclic) bond motifs is 7. The molecule has 7 rings (SSSR count). The normalized spacial score (nSPS) is 42.6. The van der Waals surface area contributed by atoms with Crippen LogP contribution in [-0.2, 0) is 23.9 Å². The second-order valence-electron chi connectivity index (χ2n) is 21.8. The number of Topliss-reactive ketones (excluding diaryl/α,β-unsaturated/α-hetero) is 1. The average molecular weight is 765 g/mol. The largest absolute Gasteiger partial charge is 0.481 e. The maximum atomic E-state index is 14.1. The van der Waals surface area contributed by atoms with E-state index in [1.165, 1.54) is 12.0 Å². The monoisotopic (exact) mass is 765 g/mol. The predicted molar refractivity (Wildman–Crippen MR) is 212 cm³/mol. The van der Waals surface area contributed by atoms with Crippen molar-refractivity contribution in [1.82, 2.24) is 10.2 Å². The van der Waals surface area contributed by atoms with Gasteiger partial charge in [0.25, 0.3) is 0 Å². The van der Waals surface area contributed by atoms with Crippen molar-refractivity contribution in [2.45, 2.75) is 158 Å². The fourth-order valence-electron chi connectivity index (χ4n) is 15.0. The van der Waals surface area contributed by atoms with Crippen LogP contribution in [0.2, 0.25) is 0 Å². The van der Waals surface area contributed by atoms with E-state index in [1.807, 2.05) is 13.8 Å². The Labute approximate surface area is 330 Å². The molecular formula is C46H72N2O7. The van der Waals surface area contributed by atoms with Gasteiger partial charge in [0.1, 0.15) is 6.10 Å². The zero-order valence-electron chi connectivity index (χ0n) is 35.5. The smallest absolute Gasteiger partial charge is 0.309 e. The first-order chi connectivity index (χ1) is 25.6. The van der Waals surface area contributed by atoms with Crippen molar-refractivity contribution in [1.29, 1.82) is 0 Å². The van der Waals surface area contributed by atoms with E-state index >= 15 is 0 Å². The van der Waals surface area contributed by atoms with Gasteiger partial charge in [0.2, 0.25) is 5.91 Å². The fraction of sp³-hybridized carbons (Fsp3) is 0.870. The Hall–Kier alpha value is -2.26. The molecule has 0 unspecified atom stereocenters. The minimum atomic E-state index is -0.834. The Morgan fingerprint density at radius 1 is 0.836 bits per heavy atom. The minimum Gasteiger partial charge on any atom is -0.481 e. The van der Waals surface area contributed by atoms with E-state index in [-0.39, 0.29) is 69.7 Å². The quantitative estimate of drug-likeness (QED) is 0.205. The SMILES string of the molecule is CC(C)C1=C2[C@H]3CC[C@@H]4[C@@]5(C)CC[C@H](OC(=O)[C@H]6C[C@@H](C(=O)O)C6(C)C)C(C)(C)[C@@H]5CC[C@@]4(C)[C@]3(C)CC[C@@]2([C@@H](O)CNC(=O)CN2CCCCC2)CC1=O. The molecule has 0 aromatic heterocycles. The Morgan fingerprint density at radius 2 is 1.53 bits per heavy atom. The molecule has 0 bridgehead atoms. The molecule has 7 aliphatic rings. The highest BCUT2D eigenvalue weighted by atomic mass is 16.5. The van der Waals surface area contributed by atoms with Crippen molar-refractivity contribution in [3.63, 3.8) is 0 Å². The number of esters is 1. The van der Waals surface area contributed by atoms with Crippen molar-refractivity contribution in [3.05, 3.63) is 11.1 Å². The molecule has 0 radical (unpaired) electrons. The van der Waals surface area contributed by atoms with Gasteiger partial charge in [0, 0.05) is 23.8 Å². The highest BCUT2D eigenvalue weighted by molar-refractivity contribution is 6.00. The summed E-state index contributed by atoms with van der Waals surface area (Å²) in [5.41, 5.74) is 0.753. The number of aliphatic hydroxyl groups excluding tert-OH is 1. The third-order valence-electron chi connectivity index (χ3n) is 18.5. The van der Waals surface area contributed by atoms with Crippen molar-refractivity contribution in [2.75, 3.05) is 26.2 Å². The zero-order chi connectivity index (χ0) is 40.1. The van der Waals surface area contributed by atoms with Gasteiger partial charge in [-0.2, -0.15) is 0 Å². The Kier molecular flexibility index (Phi) is 10.4. The number of carbonyl (C=O) groups excluding carboxylic acids is 3. The first-order valence-electron chi connectivity index (χ1n) is 22.0. The summed E-state index contributed by atoms with van der Waals surface area (Å²) in [6, 6.07) is 0. The van der Waals surface area contributed by atoms with Gasteiger partial charge in [-0.15, -0.1) is 0 Å². The number of rotatable bonds is 9. The summed E-state index contributed by atoms with van der Waals surface area (Å²) in [4.78, 5) is 54.8. The lowest BCUT2D eigenvalue weighted by molar-refractivity contribution is -0.238. The van der Waals surface area contributed by atoms with Gasteiger partial charge < -0.3 is 20.3 Å². The molecule has 9 nitrogen and oxygen atoms in total. The molecule has 0 spiro atoms. The van der Waals surface area contributed by atoms with Crippen LogP contribution in [0, 0.1) is 68.0 Å². The number of amides is 1. The third kappa shape index (κ3) is 6.11. The number of hydrogen-bond acceptors (Lipinski definition) is 7. The van der Waals surface area contributed by atoms with Gasteiger partial charge in [0.05, 0.1) is 24.5 Å². The Bertz CT molecular complexity index is 1610. The molecular weight excluding hydrogens is 693 g/mol. The number of ether oxygens (including phenoxy) is 1. The van der Waals surface area contributed by atoms with Gasteiger partial charge in [-0.3, -0.25) is 24.1 Å². The van der Waals surface area contributed by atoms with E-state index in [0.717, 1.165) is 82.9 Å². The molecule has 9 heteroatoms. The van der Waals surface area contributed by atoms with Gasteiger partial charge in [0.15, 0.2) is 5.78 Å². The second-order valence-corrected chi connectivity index (χ2v) is 21.8. The molecule has 5 saturated carbocycles. The summed E-state index contributed by atoms with van der Waals surface area (Å²) in [6.07, 6.45) is 10.8. The number of nitrogens with zero attached hydrogens (tertiary/aromatic N) is 1. The lowest BCUT2D eigenvalue weighted by Crippen LogP contribution is -2.66. The second kappa shape index (κ2) is 13.9. The Balaban J connectivity index is 1.11. The van der Waals surface area contributed by atoms with Crippen LogP contribution in [0.15, 0.2) is 11.1 Å². The number of aliphatic hydroxyl groups is 1. The molecule has 3 N–H and O–H groups in total. The zero-order valence-corrected chi connectivity index (χ0v) is 35.5. The lowest BCUT2D eigenvalue weighted by atomic mass is 9.33. The first kappa shape index (κ1) is 40.9. The summed E-state index contributed by atoms with van der Waals surface area (Å²) in [6.45, 7) is 22.7. The number of likely N-dealkylation sites (tertiary alicyclic amines) is 1. The van der Waals surface area contributed by atoms with Crippen LogP contribution in [0.25, 0.3) is 0 Å². The molecule has 6 aliphatic carbocycles. The number of ketones is 1. The van der Waals surface area contributed by atoms with Crippen molar-refractivity contribution in [2.24, 2.45) is 68.0 Å². The van der Waals surface area contributed by atoms with Gasteiger partial charge in [-0.05, 0) is 135 Å². The van der Waals surface area contributed by atoms with Gasteiger partial charge >= 0.3 is 11.9 Å². The number of aliphatic carboxylic acids is 1. The Morgan fingerprint density at radius 3 is 2.16 bits per heavy atom. The third-order valence-corrected chi connectivity index (χ3v) is 18.5. The van der Waals surface area contributed by atoms with Crippen LogP contribution in [0.1, 0.15) is 146 Å². The topological polar surface area (TPSA) is 133 Å². The number of carboxylic acid groups (broad SMARTS) is 1. The number of carboxylic acids is 1. The number of hydrogen-bond donors (Lipinski definition) is 3. The van der Waals surface area contributed by atoms with E-state index in [2.05, 4.69) is 58.7 Å². The highest BCUT2D eigenvalue weighted by Gasteiger charge is 2.71. The average Bonchev–Trinajstić information content (AvgIpc) is 3.41. The summed E-state index contributed by atoms with van der Waals surface area (Å²) in [5.74, 6) is -0.683. The van der Waals surface area contributed by atoms with Crippen LogP contribution in [0.4, 0.5) is 0 Å². The maximum Gasteiger partial charge on any atom is 0.309 e. The maximum absolute atomic E-state index is 14.1. The molecule has 11 atom stereocenters. The summed E-state index contributed by atoms with van der Waals surface area (Å²) >= 11 is 0. The van der Waals surface area contributed by atoms with Gasteiger partial charge in [-0.1, -0.05) is 74.3 Å². The van der Waals surface area contributed by atoms with Crippen LogP contribution in [0.5, 0.6) is 0 Å². The number of piperidine rings is 1. The molecule has 1 aliphatic heterocycles. The molecule has 1 heterocycles. The first-order valence-corrected chi connectivity index (χ1v) is 22.0. The molecule has 1 saturated heterocycles. The van der Waals surface area contributed by atoms with Crippen LogP contribution >= 0.6 is 0 Å². The molecule has 1 amide bonds. The van der Waals surface area contributed by atoms with Crippen LogP contribution in [-0.4, -0.2) is 77.1 Å². The predicted octanol–water partition coefficient (Wildman–Crippen LogP) is 7.59. The van der Waals surface area contributed by atoms with E-state index < -0.39 is 28.8 Å². The summed E-state index contributed by atoms with van der Waals surface area (Å²) in [7, 11) is 0. The van der Waals surface area contributed by atoms with Crippen molar-refractivity contribution < 1.29 is 34.1 Å². The molecule has 0 aromatic rings. The molecule has 308 valence electrons. The van der Waals surface area contributed by atoms with E-state index in [0.29, 0.717) is 31.2 Å². The number of nitrogens with one attached hydrogen (secondary N) is 1. The fourth-order valence-corrected chi connectivity index (χ4v) is 15.0. The highest BCUT2D eigenvalue weighted by Crippen LogP contribution is 2.77. The number of allylic oxidation sites excluding steroid dienone is 1. The van der Waals surface area contributed by atoms with Crippen molar-refractivity contribution >= 4 is 23.6 Å². The lowest BCUT2D eigenvalue weighted by Gasteiger charge is -2.72. The summed E-state index contributed by atoms with van der Waals surface area (Å²) < 4.78 is 6.41. The molecule has 55 heavy (non-hydrogen) atoms. The molecule has 6 fully saturated rings. The van der Waals surface area contributed by atoms with Crippen molar-refractivity contribution in [3.8, 4) is 0 Å². The van der Waals surface area contributed by atoms with E-state index in [4.69, 9.17) is 4.74 Å². The standard InChI is InChI=1S/C46H72N2O7/c1-27(2)37-31(49)24-46(34(50)25-47-36(51)26-48-21-11-10-12-22-48)20-19-44(8)28(38(37)46)13-14-33-43(7)17-16-35(42(5,6)32(43)15-18-45(33,44)9)55-40(54)30-23-29(39(52)53)41(30,3)4/h27-30,32-35,50H,10-26H2,1-9H3,(H,47,51)(H,52,53)/t28-,29+,30-,32+,33-,34+,35+,43+,44-,45-,46+/m1/s1. The van der Waals surface area contributed by atoms with Gasteiger partial charge in [-0.25, -0.2) is 0 Å². The van der Waals surface area contributed by atoms with Crippen LogP contribution in [0.3, 0.4) is 0 Å². The minimum absolute atomic E-state index is 0.0308. The van der Waals surface area contributed by atoms with E-state index in [9.17, 15) is 29.4 Å². The number of carbonyl (C=O) groups is 4.